The van der Waals surface area contributed by atoms with E-state index < -0.39 is 0 Å². The Morgan fingerprint density at radius 1 is 1.43 bits per heavy atom. The van der Waals surface area contributed by atoms with Crippen LogP contribution in [-0.4, -0.2) is 46.0 Å². The Balaban J connectivity index is 1.52. The van der Waals surface area contributed by atoms with Crippen LogP contribution in [0, 0.1) is 11.8 Å². The number of likely N-dealkylation sites (tertiary alicyclic amines) is 1. The molecule has 2 aromatic rings. The normalized spacial score (nSPS) is 27.4. The highest BCUT2D eigenvalue weighted by Gasteiger charge is 2.41. The van der Waals surface area contributed by atoms with Gasteiger partial charge in [0.15, 0.2) is 0 Å². The average molecular weight is 334 g/mol. The number of pyridine rings is 1. The summed E-state index contributed by atoms with van der Waals surface area (Å²) in [5, 5.41) is 0.628. The molecule has 2 aromatic heterocycles. The summed E-state index contributed by atoms with van der Waals surface area (Å²) < 4.78 is 7.67. The number of halogens is 1. The van der Waals surface area contributed by atoms with Gasteiger partial charge in [-0.25, -0.2) is 4.98 Å². The SMILES string of the molecule is CC[C@@H]1OC[C@@H]2CN(C(=O)c3cn4cc(Cl)ccc4n3)CC[C@@H]21. The third-order valence-electron chi connectivity index (χ3n) is 5.12. The van der Waals surface area contributed by atoms with Crippen LogP contribution in [0.5, 0.6) is 0 Å². The van der Waals surface area contributed by atoms with Crippen molar-refractivity contribution in [1.82, 2.24) is 14.3 Å². The molecule has 0 aromatic carbocycles. The van der Waals surface area contributed by atoms with Crippen LogP contribution in [-0.2, 0) is 4.74 Å². The standard InChI is InChI=1S/C17H20ClN3O2/c1-2-15-13-5-6-20(7-11(13)10-23-15)17(22)14-9-21-8-12(18)3-4-16(21)19-14/h3-4,8-9,11,13,15H,2,5-7,10H2,1H3/t11-,13-,15-/m0/s1. The molecule has 5 nitrogen and oxygen atoms in total. The van der Waals surface area contributed by atoms with E-state index in [1.807, 2.05) is 11.0 Å². The first-order valence-electron chi connectivity index (χ1n) is 8.21. The van der Waals surface area contributed by atoms with Crippen molar-refractivity contribution in [2.45, 2.75) is 25.9 Å². The predicted octanol–water partition coefficient (Wildman–Crippen LogP) is 2.87. The number of carbonyl (C=O) groups excluding carboxylic acids is 1. The molecule has 4 heterocycles. The van der Waals surface area contributed by atoms with E-state index in [2.05, 4.69) is 11.9 Å². The van der Waals surface area contributed by atoms with Crippen LogP contribution in [0.3, 0.4) is 0 Å². The van der Waals surface area contributed by atoms with Gasteiger partial charge in [0, 0.05) is 31.4 Å². The van der Waals surface area contributed by atoms with Crippen molar-refractivity contribution in [2.75, 3.05) is 19.7 Å². The van der Waals surface area contributed by atoms with Gasteiger partial charge in [-0.2, -0.15) is 0 Å². The molecule has 2 aliphatic rings. The van der Waals surface area contributed by atoms with Gasteiger partial charge >= 0.3 is 0 Å². The van der Waals surface area contributed by atoms with Crippen molar-refractivity contribution in [1.29, 1.82) is 0 Å². The van der Waals surface area contributed by atoms with Crippen molar-refractivity contribution < 1.29 is 9.53 Å². The Hall–Kier alpha value is -1.59. The average Bonchev–Trinajstić information content (AvgIpc) is 3.16. The lowest BCUT2D eigenvalue weighted by molar-refractivity contribution is 0.0603. The van der Waals surface area contributed by atoms with E-state index in [0.717, 1.165) is 38.2 Å². The Morgan fingerprint density at radius 2 is 2.30 bits per heavy atom. The van der Waals surface area contributed by atoms with Crippen LogP contribution < -0.4 is 0 Å². The number of amides is 1. The first kappa shape index (κ1) is 15.0. The lowest BCUT2D eigenvalue weighted by Gasteiger charge is -2.35. The maximum atomic E-state index is 12.8. The van der Waals surface area contributed by atoms with Gasteiger partial charge in [0.05, 0.1) is 17.7 Å². The second kappa shape index (κ2) is 5.80. The number of ether oxygens (including phenoxy) is 1. The Kier molecular flexibility index (Phi) is 3.77. The number of aromatic nitrogens is 2. The minimum atomic E-state index is 0.00298. The zero-order valence-electron chi connectivity index (χ0n) is 13.1. The number of hydrogen-bond donors (Lipinski definition) is 0. The second-order valence-electron chi connectivity index (χ2n) is 6.48. The van der Waals surface area contributed by atoms with Crippen molar-refractivity contribution >= 4 is 23.2 Å². The molecule has 122 valence electrons. The molecule has 0 saturated carbocycles. The molecule has 1 amide bonds. The fraction of sp³-hybridized carbons (Fsp3) is 0.529. The van der Waals surface area contributed by atoms with Crippen molar-refractivity contribution in [3.63, 3.8) is 0 Å². The molecule has 2 fully saturated rings. The minimum Gasteiger partial charge on any atom is -0.378 e. The summed E-state index contributed by atoms with van der Waals surface area (Å²) in [7, 11) is 0. The fourth-order valence-electron chi connectivity index (χ4n) is 3.92. The molecular formula is C17H20ClN3O2. The molecule has 0 bridgehead atoms. The molecular weight excluding hydrogens is 314 g/mol. The Morgan fingerprint density at radius 3 is 3.13 bits per heavy atom. The quantitative estimate of drug-likeness (QED) is 0.849. The number of nitrogens with zero attached hydrogens (tertiary/aromatic N) is 3. The topological polar surface area (TPSA) is 46.8 Å². The number of fused-ring (bicyclic) bond motifs is 2. The summed E-state index contributed by atoms with van der Waals surface area (Å²) in [6.07, 6.45) is 5.98. The number of hydrogen-bond acceptors (Lipinski definition) is 3. The highest BCUT2D eigenvalue weighted by Crippen LogP contribution is 2.36. The van der Waals surface area contributed by atoms with E-state index in [1.54, 1.807) is 22.9 Å². The van der Waals surface area contributed by atoms with Gasteiger partial charge in [0.1, 0.15) is 11.3 Å². The third kappa shape index (κ3) is 2.62. The zero-order valence-corrected chi connectivity index (χ0v) is 13.9. The van der Waals surface area contributed by atoms with Gasteiger partial charge in [-0.3, -0.25) is 4.79 Å². The zero-order chi connectivity index (χ0) is 16.0. The highest BCUT2D eigenvalue weighted by atomic mass is 35.5. The number of piperidine rings is 1. The van der Waals surface area contributed by atoms with Crippen molar-refractivity contribution in [3.05, 3.63) is 35.2 Å². The molecule has 6 heteroatoms. The largest absolute Gasteiger partial charge is 0.378 e. The summed E-state index contributed by atoms with van der Waals surface area (Å²) in [6.45, 7) is 4.50. The summed E-state index contributed by atoms with van der Waals surface area (Å²) in [5.74, 6) is 1.07. The maximum absolute atomic E-state index is 12.8. The summed E-state index contributed by atoms with van der Waals surface area (Å²) in [6, 6.07) is 3.60. The number of rotatable bonds is 2. The highest BCUT2D eigenvalue weighted by molar-refractivity contribution is 6.30. The first-order valence-corrected chi connectivity index (χ1v) is 8.58. The van der Waals surface area contributed by atoms with Crippen molar-refractivity contribution in [3.8, 4) is 0 Å². The van der Waals surface area contributed by atoms with Crippen LogP contribution >= 0.6 is 11.6 Å². The molecule has 0 aliphatic carbocycles. The molecule has 0 spiro atoms. The van der Waals surface area contributed by atoms with E-state index in [1.165, 1.54) is 0 Å². The van der Waals surface area contributed by atoms with Crippen LogP contribution in [0.25, 0.3) is 5.65 Å². The molecule has 2 aliphatic heterocycles. The minimum absolute atomic E-state index is 0.00298. The molecule has 23 heavy (non-hydrogen) atoms. The van der Waals surface area contributed by atoms with E-state index in [0.29, 0.717) is 28.7 Å². The monoisotopic (exact) mass is 333 g/mol. The Labute approximate surface area is 140 Å². The lowest BCUT2D eigenvalue weighted by atomic mass is 9.83. The van der Waals surface area contributed by atoms with Crippen LogP contribution in [0.15, 0.2) is 24.5 Å². The molecule has 2 saturated heterocycles. The summed E-state index contributed by atoms with van der Waals surface area (Å²) >= 11 is 5.99. The second-order valence-corrected chi connectivity index (χ2v) is 6.92. The van der Waals surface area contributed by atoms with Gasteiger partial charge < -0.3 is 14.0 Å². The maximum Gasteiger partial charge on any atom is 0.274 e. The predicted molar refractivity (Wildman–Crippen MR) is 87.7 cm³/mol. The summed E-state index contributed by atoms with van der Waals surface area (Å²) in [5.41, 5.74) is 1.22. The van der Waals surface area contributed by atoms with Gasteiger partial charge in [-0.1, -0.05) is 18.5 Å². The van der Waals surface area contributed by atoms with Crippen LogP contribution in [0.4, 0.5) is 0 Å². The number of imidazole rings is 1. The molecule has 0 N–H and O–H groups in total. The first-order chi connectivity index (χ1) is 11.2. The molecule has 0 unspecified atom stereocenters. The van der Waals surface area contributed by atoms with Gasteiger partial charge in [0.2, 0.25) is 0 Å². The Bertz CT molecular complexity index is 745. The molecule has 0 radical (unpaired) electrons. The van der Waals surface area contributed by atoms with E-state index >= 15 is 0 Å². The third-order valence-corrected chi connectivity index (χ3v) is 5.34. The fourth-order valence-corrected chi connectivity index (χ4v) is 4.09. The lowest BCUT2D eigenvalue weighted by Crippen LogP contribution is -2.44. The van der Waals surface area contributed by atoms with Gasteiger partial charge in [0.25, 0.3) is 5.91 Å². The van der Waals surface area contributed by atoms with E-state index in [-0.39, 0.29) is 5.91 Å². The van der Waals surface area contributed by atoms with Crippen LogP contribution in [0.1, 0.15) is 30.3 Å². The molecule has 3 atom stereocenters. The van der Waals surface area contributed by atoms with E-state index in [9.17, 15) is 4.79 Å². The smallest absolute Gasteiger partial charge is 0.274 e. The van der Waals surface area contributed by atoms with Gasteiger partial charge in [-0.15, -0.1) is 0 Å². The number of carbonyl (C=O) groups is 1. The van der Waals surface area contributed by atoms with Gasteiger partial charge in [-0.05, 0) is 30.9 Å². The molecule has 4 rings (SSSR count). The summed E-state index contributed by atoms with van der Waals surface area (Å²) in [4.78, 5) is 19.1. The van der Waals surface area contributed by atoms with Crippen LogP contribution in [0.2, 0.25) is 5.02 Å². The van der Waals surface area contributed by atoms with Crippen molar-refractivity contribution in [2.24, 2.45) is 11.8 Å². The van der Waals surface area contributed by atoms with E-state index in [4.69, 9.17) is 16.3 Å².